The summed E-state index contributed by atoms with van der Waals surface area (Å²) >= 11 is 6.15. The summed E-state index contributed by atoms with van der Waals surface area (Å²) in [4.78, 5) is 16.2. The third-order valence-corrected chi connectivity index (χ3v) is 3.87. The number of hydrogen-bond donors (Lipinski definition) is 2. The van der Waals surface area contributed by atoms with Crippen molar-refractivity contribution in [2.45, 2.75) is 6.92 Å². The van der Waals surface area contributed by atoms with Crippen molar-refractivity contribution < 1.29 is 4.79 Å². The minimum atomic E-state index is -0.248. The zero-order valence-corrected chi connectivity index (χ0v) is 14.4. The van der Waals surface area contributed by atoms with E-state index in [1.165, 1.54) is 6.21 Å². The number of hydrogen-bond acceptors (Lipinski definition) is 4. The highest BCUT2D eigenvalue weighted by molar-refractivity contribution is 6.32. The molecule has 3 aromatic rings. The van der Waals surface area contributed by atoms with Gasteiger partial charge in [-0.2, -0.15) is 5.10 Å². The van der Waals surface area contributed by atoms with Crippen molar-refractivity contribution in [3.8, 4) is 0 Å². The zero-order valence-electron chi connectivity index (χ0n) is 13.7. The van der Waals surface area contributed by atoms with Crippen molar-refractivity contribution in [1.29, 1.82) is 0 Å². The molecular formula is C19H17ClN4O. The second kappa shape index (κ2) is 7.77. The highest BCUT2D eigenvalue weighted by atomic mass is 35.5. The molecule has 25 heavy (non-hydrogen) atoms. The Labute approximate surface area is 150 Å². The Morgan fingerprint density at radius 1 is 1.20 bits per heavy atom. The number of benzene rings is 2. The fraction of sp³-hybridized carbons (Fsp3) is 0.105. The summed E-state index contributed by atoms with van der Waals surface area (Å²) in [5.74, 6) is -0.248. The fourth-order valence-corrected chi connectivity index (χ4v) is 2.54. The molecule has 1 heterocycles. The van der Waals surface area contributed by atoms with Gasteiger partial charge in [-0.3, -0.25) is 4.79 Å². The largest absolute Gasteiger partial charge is 0.376 e. The monoisotopic (exact) mass is 352 g/mol. The number of pyridine rings is 1. The number of amides is 1. The lowest BCUT2D eigenvalue weighted by molar-refractivity contribution is -0.119. The lowest BCUT2D eigenvalue weighted by Gasteiger charge is -2.06. The van der Waals surface area contributed by atoms with Gasteiger partial charge in [-0.25, -0.2) is 10.4 Å². The summed E-state index contributed by atoms with van der Waals surface area (Å²) in [6.45, 7) is 2.13. The molecule has 0 unspecified atom stereocenters. The number of carbonyl (C=O) groups is 1. The van der Waals surface area contributed by atoms with Gasteiger partial charge in [0.25, 0.3) is 5.91 Å². The van der Waals surface area contributed by atoms with Crippen LogP contribution in [0.5, 0.6) is 0 Å². The van der Waals surface area contributed by atoms with Crippen LogP contribution >= 0.6 is 11.6 Å². The number of aryl methyl sites for hydroxylation is 1. The SMILES string of the molecule is Cc1cccc(NCC(=O)N/N=C\c2cc3ccccc3nc2Cl)c1. The summed E-state index contributed by atoms with van der Waals surface area (Å²) in [5, 5.41) is 8.30. The first-order chi connectivity index (χ1) is 12.1. The smallest absolute Gasteiger partial charge is 0.259 e. The molecule has 1 aromatic heterocycles. The van der Waals surface area contributed by atoms with Gasteiger partial charge in [0.1, 0.15) is 5.15 Å². The number of nitrogens with zero attached hydrogens (tertiary/aromatic N) is 2. The van der Waals surface area contributed by atoms with Gasteiger partial charge in [-0.1, -0.05) is 41.9 Å². The molecule has 3 rings (SSSR count). The van der Waals surface area contributed by atoms with E-state index in [9.17, 15) is 4.79 Å². The molecule has 0 aliphatic rings. The van der Waals surface area contributed by atoms with E-state index < -0.39 is 0 Å². The number of rotatable bonds is 5. The average Bonchev–Trinajstić information content (AvgIpc) is 2.60. The molecule has 1 amide bonds. The molecule has 2 N–H and O–H groups in total. The van der Waals surface area contributed by atoms with Crippen molar-refractivity contribution in [2.75, 3.05) is 11.9 Å². The molecule has 0 saturated heterocycles. The zero-order chi connectivity index (χ0) is 17.6. The fourth-order valence-electron chi connectivity index (χ4n) is 2.35. The summed E-state index contributed by atoms with van der Waals surface area (Å²) in [6, 6.07) is 17.4. The highest BCUT2D eigenvalue weighted by Gasteiger charge is 2.03. The third kappa shape index (κ3) is 4.55. The predicted octanol–water partition coefficient (Wildman–Crippen LogP) is 3.76. The van der Waals surface area contributed by atoms with E-state index >= 15 is 0 Å². The minimum absolute atomic E-state index is 0.129. The molecule has 5 nitrogen and oxygen atoms in total. The van der Waals surface area contributed by atoms with Crippen molar-refractivity contribution in [3.05, 3.63) is 70.9 Å². The van der Waals surface area contributed by atoms with Crippen molar-refractivity contribution >= 4 is 40.3 Å². The lowest BCUT2D eigenvalue weighted by atomic mass is 10.2. The number of nitrogens with one attached hydrogen (secondary N) is 2. The van der Waals surface area contributed by atoms with Gasteiger partial charge in [0.2, 0.25) is 0 Å². The van der Waals surface area contributed by atoms with Crippen molar-refractivity contribution in [3.63, 3.8) is 0 Å². The number of aromatic nitrogens is 1. The number of carbonyl (C=O) groups excluding carboxylic acids is 1. The van der Waals surface area contributed by atoms with Gasteiger partial charge in [0, 0.05) is 16.6 Å². The van der Waals surface area contributed by atoms with Crippen LogP contribution < -0.4 is 10.7 Å². The third-order valence-electron chi connectivity index (χ3n) is 3.57. The summed E-state index contributed by atoms with van der Waals surface area (Å²) in [5.41, 5.74) is 5.95. The van der Waals surface area contributed by atoms with Gasteiger partial charge in [0.15, 0.2) is 0 Å². The first-order valence-electron chi connectivity index (χ1n) is 7.79. The Morgan fingerprint density at radius 3 is 2.88 bits per heavy atom. The number of anilines is 1. The van der Waals surface area contributed by atoms with Crippen LogP contribution in [0.25, 0.3) is 10.9 Å². The lowest BCUT2D eigenvalue weighted by Crippen LogP contribution is -2.25. The Kier molecular flexibility index (Phi) is 5.26. The van der Waals surface area contributed by atoms with Crippen molar-refractivity contribution in [2.24, 2.45) is 5.10 Å². The van der Waals surface area contributed by atoms with Crippen LogP contribution in [-0.4, -0.2) is 23.7 Å². The van der Waals surface area contributed by atoms with Crippen LogP contribution in [0.1, 0.15) is 11.1 Å². The molecule has 2 aromatic carbocycles. The summed E-state index contributed by atoms with van der Waals surface area (Å²) < 4.78 is 0. The topological polar surface area (TPSA) is 66.4 Å². The number of hydrazone groups is 1. The normalized spacial score (nSPS) is 11.0. The van der Waals surface area contributed by atoms with Gasteiger partial charge >= 0.3 is 0 Å². The van der Waals surface area contributed by atoms with E-state index in [2.05, 4.69) is 20.8 Å². The molecule has 0 aliphatic heterocycles. The van der Waals surface area contributed by atoms with Crippen LogP contribution in [0.3, 0.4) is 0 Å². The Bertz CT molecular complexity index is 940. The van der Waals surface area contributed by atoms with Crippen molar-refractivity contribution in [1.82, 2.24) is 10.4 Å². The molecule has 0 fully saturated rings. The number of para-hydroxylation sites is 1. The summed E-state index contributed by atoms with van der Waals surface area (Å²) in [6.07, 6.45) is 1.49. The van der Waals surface area contributed by atoms with Crippen LogP contribution in [0.15, 0.2) is 59.7 Å². The van der Waals surface area contributed by atoms with Crippen LogP contribution in [0, 0.1) is 6.92 Å². The second-order valence-corrected chi connectivity index (χ2v) is 5.94. The maximum atomic E-state index is 11.9. The van der Waals surface area contributed by atoms with E-state index in [4.69, 9.17) is 11.6 Å². The van der Waals surface area contributed by atoms with Gasteiger partial charge in [-0.05, 0) is 36.8 Å². The standard InChI is InChI=1S/C19H17ClN4O/c1-13-5-4-7-16(9-13)21-12-18(25)24-22-11-15-10-14-6-2-3-8-17(14)23-19(15)20/h2-11,21H,12H2,1H3,(H,24,25)/b22-11-. The van der Waals surface area contributed by atoms with E-state index in [0.717, 1.165) is 22.2 Å². The van der Waals surface area contributed by atoms with E-state index in [1.54, 1.807) is 0 Å². The molecule has 6 heteroatoms. The van der Waals surface area contributed by atoms with Crippen LogP contribution in [-0.2, 0) is 4.79 Å². The molecule has 0 radical (unpaired) electrons. The maximum Gasteiger partial charge on any atom is 0.259 e. The number of fused-ring (bicyclic) bond motifs is 1. The Hall–Kier alpha value is -2.92. The Morgan fingerprint density at radius 2 is 2.04 bits per heavy atom. The van der Waals surface area contributed by atoms with E-state index in [0.29, 0.717) is 10.7 Å². The second-order valence-electron chi connectivity index (χ2n) is 5.58. The molecule has 0 bridgehead atoms. The molecule has 0 aliphatic carbocycles. The Balaban J connectivity index is 1.59. The molecule has 126 valence electrons. The minimum Gasteiger partial charge on any atom is -0.376 e. The molecule has 0 atom stereocenters. The number of halogens is 1. The van der Waals surface area contributed by atoms with E-state index in [1.807, 2.05) is 61.5 Å². The molecule has 0 spiro atoms. The quantitative estimate of drug-likeness (QED) is 0.417. The van der Waals surface area contributed by atoms with Crippen LogP contribution in [0.2, 0.25) is 5.15 Å². The molecule has 0 saturated carbocycles. The predicted molar refractivity (Wildman–Crippen MR) is 102 cm³/mol. The van der Waals surface area contributed by atoms with Gasteiger partial charge < -0.3 is 5.32 Å². The van der Waals surface area contributed by atoms with Gasteiger partial charge in [0.05, 0.1) is 18.3 Å². The van der Waals surface area contributed by atoms with Crippen LogP contribution in [0.4, 0.5) is 5.69 Å². The highest BCUT2D eigenvalue weighted by Crippen LogP contribution is 2.18. The first-order valence-corrected chi connectivity index (χ1v) is 8.17. The first kappa shape index (κ1) is 16.9. The molecular weight excluding hydrogens is 336 g/mol. The summed E-state index contributed by atoms with van der Waals surface area (Å²) in [7, 11) is 0. The maximum absolute atomic E-state index is 11.9. The van der Waals surface area contributed by atoms with E-state index in [-0.39, 0.29) is 12.5 Å². The van der Waals surface area contributed by atoms with Gasteiger partial charge in [-0.15, -0.1) is 0 Å². The average molecular weight is 353 g/mol.